The zero-order chi connectivity index (χ0) is 39.1. The maximum Gasteiger partial charge on any atom is 0.267 e. The zero-order valence-electron chi connectivity index (χ0n) is 34.8. The van der Waals surface area contributed by atoms with E-state index in [-0.39, 0.29) is 6.42 Å². The van der Waals surface area contributed by atoms with E-state index in [1.807, 2.05) is 0 Å². The first-order chi connectivity index (χ1) is 25.7. The topological polar surface area (TPSA) is 124 Å². The van der Waals surface area contributed by atoms with E-state index in [1.54, 1.807) is 6.08 Å². The highest BCUT2D eigenvalue weighted by Gasteiger charge is 2.27. The lowest BCUT2D eigenvalue weighted by Gasteiger charge is -2.22. The average Bonchev–Trinajstić information content (AvgIpc) is 3.12. The molecule has 0 spiro atoms. The van der Waals surface area contributed by atoms with Crippen molar-refractivity contribution in [2.75, 3.05) is 5.75 Å². The fourth-order valence-corrected chi connectivity index (χ4v) is 7.74. The highest BCUT2D eigenvalue weighted by atomic mass is 32.2. The van der Waals surface area contributed by atoms with Gasteiger partial charge in [0.15, 0.2) is 0 Å². The number of hydrogen-bond acceptors (Lipinski definition) is 5. The normalized spacial score (nSPS) is 14.0. The van der Waals surface area contributed by atoms with Crippen molar-refractivity contribution in [1.82, 2.24) is 5.32 Å². The summed E-state index contributed by atoms with van der Waals surface area (Å²) >= 11 is 0. The van der Waals surface area contributed by atoms with Crippen LogP contribution in [0.15, 0.2) is 24.3 Å². The number of aliphatic hydroxyl groups is 2. The fraction of sp³-hybridized carbons (Fsp3) is 0.889. The summed E-state index contributed by atoms with van der Waals surface area (Å²) in [6.45, 7) is 4.53. The van der Waals surface area contributed by atoms with Crippen LogP contribution in [-0.4, -0.2) is 53.1 Å². The van der Waals surface area contributed by atoms with Crippen LogP contribution in [0.25, 0.3) is 0 Å². The largest absolute Gasteiger partial charge is 0.387 e. The minimum absolute atomic E-state index is 0.279. The average molecular weight is 770 g/mol. The number of nitrogens with one attached hydrogen (secondary N) is 1. The van der Waals surface area contributed by atoms with Crippen LogP contribution in [0.2, 0.25) is 0 Å². The summed E-state index contributed by atoms with van der Waals surface area (Å²) in [4.78, 5) is 12.6. The van der Waals surface area contributed by atoms with E-state index in [0.717, 1.165) is 32.1 Å². The molecule has 7 nitrogen and oxygen atoms in total. The molecule has 0 aromatic rings. The van der Waals surface area contributed by atoms with Gasteiger partial charge in [-0.1, -0.05) is 224 Å². The molecule has 0 bridgehead atoms. The first-order valence-corrected chi connectivity index (χ1v) is 24.3. The van der Waals surface area contributed by atoms with Gasteiger partial charge in [-0.2, -0.15) is 8.42 Å². The smallest absolute Gasteiger partial charge is 0.267 e. The molecular formula is C45H87NO6S. The second kappa shape index (κ2) is 39.0. The van der Waals surface area contributed by atoms with Crippen molar-refractivity contribution in [3.05, 3.63) is 24.3 Å². The lowest BCUT2D eigenvalue weighted by Crippen LogP contribution is -2.50. The van der Waals surface area contributed by atoms with E-state index in [4.69, 9.17) is 0 Å². The van der Waals surface area contributed by atoms with Crippen molar-refractivity contribution >= 4 is 16.0 Å². The molecule has 3 unspecified atom stereocenters. The molecule has 0 aliphatic heterocycles. The standard InChI is InChI=1S/C45H87NO6S/c1-3-5-7-9-11-13-15-17-19-21-22-24-26-28-30-32-34-36-38-40-44(48)45(49)46-42(41-53(50,51)52)43(47)39-37-35-33-31-29-27-25-23-20-18-16-14-12-10-8-6-4-2/h29,31,37,39,42-44,47-48H,3-28,30,32-36,38,40-41H2,1-2H3,(H,46,49)(H,50,51,52)/b31-29+,39-37+. The number of amides is 1. The van der Waals surface area contributed by atoms with Gasteiger partial charge < -0.3 is 15.5 Å². The number of aliphatic hydroxyl groups excluding tert-OH is 2. The molecule has 0 aliphatic carbocycles. The SMILES string of the molecule is CCCCCCCCCCCCC/C=C/CC/C=C/C(O)C(CS(=O)(=O)O)NC(=O)C(O)CCCCCCCCCCCCCCCCCCCCC. The van der Waals surface area contributed by atoms with Gasteiger partial charge in [0, 0.05) is 0 Å². The van der Waals surface area contributed by atoms with Crippen LogP contribution in [0.4, 0.5) is 0 Å². The third-order valence-electron chi connectivity index (χ3n) is 10.5. The Morgan fingerprint density at radius 3 is 1.25 bits per heavy atom. The van der Waals surface area contributed by atoms with Gasteiger partial charge in [-0.3, -0.25) is 9.35 Å². The molecule has 0 rings (SSSR count). The number of rotatable bonds is 41. The molecule has 0 heterocycles. The summed E-state index contributed by atoms with van der Waals surface area (Å²) in [5, 5.41) is 23.4. The van der Waals surface area contributed by atoms with E-state index < -0.39 is 40.0 Å². The molecule has 0 saturated carbocycles. The molecule has 0 aromatic carbocycles. The second-order valence-corrected chi connectivity index (χ2v) is 17.3. The van der Waals surface area contributed by atoms with Crippen molar-refractivity contribution in [3.8, 4) is 0 Å². The minimum Gasteiger partial charge on any atom is -0.387 e. The van der Waals surface area contributed by atoms with Gasteiger partial charge in [0.1, 0.15) is 6.10 Å². The van der Waals surface area contributed by atoms with Crippen molar-refractivity contribution in [2.24, 2.45) is 0 Å². The zero-order valence-corrected chi connectivity index (χ0v) is 35.6. The van der Waals surface area contributed by atoms with E-state index in [2.05, 4.69) is 31.3 Å². The number of unbranched alkanes of at least 4 members (excludes halogenated alkanes) is 30. The first kappa shape index (κ1) is 51.8. The molecule has 3 atom stereocenters. The highest BCUT2D eigenvalue weighted by Crippen LogP contribution is 2.16. The Hall–Kier alpha value is -1.22. The lowest BCUT2D eigenvalue weighted by atomic mass is 10.0. The Kier molecular flexibility index (Phi) is 38.1. The molecule has 0 saturated heterocycles. The third-order valence-corrected chi connectivity index (χ3v) is 11.3. The van der Waals surface area contributed by atoms with Crippen molar-refractivity contribution in [1.29, 1.82) is 0 Å². The number of allylic oxidation sites excluding steroid dienone is 3. The summed E-state index contributed by atoms with van der Waals surface area (Å²) in [5.41, 5.74) is 0. The summed E-state index contributed by atoms with van der Waals surface area (Å²) in [7, 11) is -4.45. The van der Waals surface area contributed by atoms with Crippen molar-refractivity contribution < 1.29 is 28.0 Å². The molecule has 314 valence electrons. The maximum absolute atomic E-state index is 12.6. The first-order valence-electron chi connectivity index (χ1n) is 22.6. The number of hydrogen-bond donors (Lipinski definition) is 4. The fourth-order valence-electron chi connectivity index (χ4n) is 7.00. The van der Waals surface area contributed by atoms with E-state index in [9.17, 15) is 28.0 Å². The predicted octanol–water partition coefficient (Wildman–Crippen LogP) is 12.5. The van der Waals surface area contributed by atoms with Crippen LogP contribution in [0, 0.1) is 0 Å². The number of carbonyl (C=O) groups is 1. The molecule has 0 aromatic heterocycles. The molecule has 0 fully saturated rings. The second-order valence-electron chi connectivity index (χ2n) is 15.8. The Morgan fingerprint density at radius 2 is 0.849 bits per heavy atom. The van der Waals surface area contributed by atoms with Crippen molar-refractivity contribution in [2.45, 2.75) is 250 Å². The monoisotopic (exact) mass is 770 g/mol. The minimum atomic E-state index is -4.45. The molecule has 0 aliphatic rings. The van der Waals surface area contributed by atoms with Gasteiger partial charge in [-0.05, 0) is 32.1 Å². The summed E-state index contributed by atoms with van der Waals surface area (Å²) in [6.07, 6.45) is 46.7. The van der Waals surface area contributed by atoms with E-state index in [0.29, 0.717) is 12.8 Å². The van der Waals surface area contributed by atoms with Gasteiger partial charge >= 0.3 is 0 Å². The Balaban J connectivity index is 3.99. The van der Waals surface area contributed by atoms with Gasteiger partial charge in [-0.15, -0.1) is 0 Å². The highest BCUT2D eigenvalue weighted by molar-refractivity contribution is 7.85. The Labute approximate surface area is 328 Å². The van der Waals surface area contributed by atoms with Crippen LogP contribution < -0.4 is 5.32 Å². The van der Waals surface area contributed by atoms with Crippen LogP contribution in [0.1, 0.15) is 232 Å². The van der Waals surface area contributed by atoms with Crippen molar-refractivity contribution in [3.63, 3.8) is 0 Å². The molecular weight excluding hydrogens is 683 g/mol. The molecule has 1 amide bonds. The van der Waals surface area contributed by atoms with Gasteiger partial charge in [-0.25, -0.2) is 0 Å². The summed E-state index contributed by atoms with van der Waals surface area (Å²) in [6, 6.07) is -1.25. The Morgan fingerprint density at radius 1 is 0.509 bits per heavy atom. The predicted molar refractivity (Wildman–Crippen MR) is 227 cm³/mol. The lowest BCUT2D eigenvalue weighted by molar-refractivity contribution is -0.130. The van der Waals surface area contributed by atoms with Gasteiger partial charge in [0.25, 0.3) is 10.1 Å². The van der Waals surface area contributed by atoms with E-state index in [1.165, 1.54) is 173 Å². The van der Waals surface area contributed by atoms with E-state index >= 15 is 0 Å². The molecule has 4 N–H and O–H groups in total. The summed E-state index contributed by atoms with van der Waals surface area (Å²) in [5.74, 6) is -1.55. The number of carbonyl (C=O) groups excluding carboxylic acids is 1. The summed E-state index contributed by atoms with van der Waals surface area (Å²) < 4.78 is 32.6. The third kappa shape index (κ3) is 38.8. The van der Waals surface area contributed by atoms with Gasteiger partial charge in [0.05, 0.1) is 17.9 Å². The maximum atomic E-state index is 12.6. The van der Waals surface area contributed by atoms with Crippen LogP contribution in [0.5, 0.6) is 0 Å². The van der Waals surface area contributed by atoms with Crippen LogP contribution in [0.3, 0.4) is 0 Å². The van der Waals surface area contributed by atoms with Crippen LogP contribution >= 0.6 is 0 Å². The quantitative estimate of drug-likeness (QED) is 0.0279. The molecule has 8 heteroatoms. The molecule has 53 heavy (non-hydrogen) atoms. The Bertz CT molecular complexity index is 953. The van der Waals surface area contributed by atoms with Gasteiger partial charge in [0.2, 0.25) is 5.91 Å². The molecule has 0 radical (unpaired) electrons. The van der Waals surface area contributed by atoms with Crippen LogP contribution in [-0.2, 0) is 14.9 Å².